The topological polar surface area (TPSA) is 69.4 Å². The van der Waals surface area contributed by atoms with Crippen molar-refractivity contribution in [3.63, 3.8) is 0 Å². The van der Waals surface area contributed by atoms with Crippen LogP contribution in [0, 0.1) is 10.1 Å². The maximum absolute atomic E-state index is 11.1. The molecule has 5 nitrogen and oxygen atoms in total. The third kappa shape index (κ3) is 3.34. The van der Waals surface area contributed by atoms with Crippen LogP contribution in [-0.2, 0) is 0 Å². The van der Waals surface area contributed by atoms with Gasteiger partial charge in [0, 0.05) is 6.07 Å². The zero-order chi connectivity index (χ0) is 12.7. The number of hydrogen-bond acceptors (Lipinski definition) is 4. The molecule has 1 aromatic rings. The molecule has 1 rings (SSSR count). The number of benzene rings is 1. The van der Waals surface area contributed by atoms with Crippen LogP contribution in [0.5, 0.6) is 5.75 Å². The Morgan fingerprint density at radius 1 is 1.38 bits per heavy atom. The number of carbonyl (C=O) groups is 1. The molecule has 0 bridgehead atoms. The summed E-state index contributed by atoms with van der Waals surface area (Å²) in [6, 6.07) is 4.07. The van der Waals surface area contributed by atoms with Crippen molar-refractivity contribution in [3.05, 3.63) is 33.9 Å². The SMILES string of the molecule is CC.COc1ccc([N+](=O)[O-])c(C(C)=O)c1. The van der Waals surface area contributed by atoms with E-state index in [-0.39, 0.29) is 17.0 Å². The first-order chi connectivity index (χ1) is 7.56. The van der Waals surface area contributed by atoms with Crippen molar-refractivity contribution in [3.8, 4) is 5.75 Å². The van der Waals surface area contributed by atoms with Gasteiger partial charge in [0.2, 0.25) is 0 Å². The van der Waals surface area contributed by atoms with Gasteiger partial charge in [-0.2, -0.15) is 0 Å². The van der Waals surface area contributed by atoms with Crippen molar-refractivity contribution < 1.29 is 14.5 Å². The summed E-state index contributed by atoms with van der Waals surface area (Å²) in [4.78, 5) is 21.0. The first-order valence-electron chi connectivity index (χ1n) is 4.89. The molecular weight excluding hydrogens is 210 g/mol. The van der Waals surface area contributed by atoms with Crippen LogP contribution in [0.15, 0.2) is 18.2 Å². The molecule has 0 aliphatic rings. The molecule has 0 aliphatic carbocycles. The molecule has 0 amide bonds. The first-order valence-corrected chi connectivity index (χ1v) is 4.89. The quantitative estimate of drug-likeness (QED) is 0.450. The normalized spacial score (nSPS) is 8.75. The lowest BCUT2D eigenvalue weighted by Gasteiger charge is -2.02. The zero-order valence-corrected chi connectivity index (χ0v) is 9.81. The van der Waals surface area contributed by atoms with Gasteiger partial charge >= 0.3 is 0 Å². The van der Waals surface area contributed by atoms with Gasteiger partial charge in [0.25, 0.3) is 5.69 Å². The zero-order valence-electron chi connectivity index (χ0n) is 9.81. The average Bonchev–Trinajstić information content (AvgIpc) is 2.30. The second kappa shape index (κ2) is 6.55. The minimum Gasteiger partial charge on any atom is -0.497 e. The van der Waals surface area contributed by atoms with E-state index in [2.05, 4.69) is 0 Å². The van der Waals surface area contributed by atoms with Gasteiger partial charge in [-0.05, 0) is 19.1 Å². The molecule has 5 heteroatoms. The van der Waals surface area contributed by atoms with E-state index in [1.54, 1.807) is 0 Å². The Kier molecular flexibility index (Phi) is 5.77. The lowest BCUT2D eigenvalue weighted by atomic mass is 10.1. The third-order valence-electron chi connectivity index (χ3n) is 1.78. The summed E-state index contributed by atoms with van der Waals surface area (Å²) in [6.45, 7) is 5.28. The number of carbonyl (C=O) groups excluding carboxylic acids is 1. The standard InChI is InChI=1S/C9H9NO4.C2H6/c1-6(11)8-5-7(14-2)3-4-9(8)10(12)13;1-2/h3-5H,1-2H3;1-2H3. The first kappa shape index (κ1) is 14.1. The summed E-state index contributed by atoms with van der Waals surface area (Å²) in [5.74, 6) is 0.0800. The molecule has 0 heterocycles. The Balaban J connectivity index is 0.00000106. The summed E-state index contributed by atoms with van der Waals surface area (Å²) in [7, 11) is 1.44. The van der Waals surface area contributed by atoms with Crippen molar-refractivity contribution in [1.82, 2.24) is 0 Å². The molecule has 0 fully saturated rings. The maximum atomic E-state index is 11.1. The number of hydrogen-bond donors (Lipinski definition) is 0. The van der Waals surface area contributed by atoms with Crippen LogP contribution in [0.3, 0.4) is 0 Å². The molecule has 0 saturated heterocycles. The molecule has 0 radical (unpaired) electrons. The summed E-state index contributed by atoms with van der Waals surface area (Å²) in [6.07, 6.45) is 0. The number of nitrogens with zero attached hydrogens (tertiary/aromatic N) is 1. The Morgan fingerprint density at radius 3 is 2.31 bits per heavy atom. The number of nitro benzene ring substituents is 1. The van der Waals surface area contributed by atoms with Crippen LogP contribution in [0.25, 0.3) is 0 Å². The van der Waals surface area contributed by atoms with Gasteiger partial charge in [0.15, 0.2) is 5.78 Å². The predicted molar refractivity (Wildman–Crippen MR) is 61.0 cm³/mol. The molecule has 0 aliphatic heterocycles. The van der Waals surface area contributed by atoms with Crippen LogP contribution >= 0.6 is 0 Å². The number of nitro groups is 1. The summed E-state index contributed by atoms with van der Waals surface area (Å²) < 4.78 is 4.86. The van der Waals surface area contributed by atoms with Gasteiger partial charge in [0.1, 0.15) is 5.75 Å². The van der Waals surface area contributed by atoms with Crippen LogP contribution in [0.2, 0.25) is 0 Å². The van der Waals surface area contributed by atoms with Gasteiger partial charge in [-0.15, -0.1) is 0 Å². The molecule has 0 unspecified atom stereocenters. The lowest BCUT2D eigenvalue weighted by Crippen LogP contribution is -2.00. The van der Waals surface area contributed by atoms with Gasteiger partial charge < -0.3 is 4.74 Å². The van der Waals surface area contributed by atoms with Crippen LogP contribution < -0.4 is 4.74 Å². The van der Waals surface area contributed by atoms with E-state index < -0.39 is 4.92 Å². The van der Waals surface area contributed by atoms with Crippen molar-refractivity contribution in [2.24, 2.45) is 0 Å². The van der Waals surface area contributed by atoms with E-state index >= 15 is 0 Å². The highest BCUT2D eigenvalue weighted by Crippen LogP contribution is 2.24. The van der Waals surface area contributed by atoms with E-state index in [9.17, 15) is 14.9 Å². The van der Waals surface area contributed by atoms with Gasteiger partial charge in [-0.25, -0.2) is 0 Å². The third-order valence-corrected chi connectivity index (χ3v) is 1.78. The lowest BCUT2D eigenvalue weighted by molar-refractivity contribution is -0.385. The van der Waals surface area contributed by atoms with Crippen LogP contribution in [-0.4, -0.2) is 17.8 Å². The molecule has 0 spiro atoms. The second-order valence-corrected chi connectivity index (χ2v) is 2.70. The second-order valence-electron chi connectivity index (χ2n) is 2.70. The van der Waals surface area contributed by atoms with E-state index in [1.165, 1.54) is 32.2 Å². The fraction of sp³-hybridized carbons (Fsp3) is 0.364. The molecule has 0 atom stereocenters. The Morgan fingerprint density at radius 2 is 1.94 bits per heavy atom. The molecular formula is C11H15NO4. The average molecular weight is 225 g/mol. The fourth-order valence-corrected chi connectivity index (χ4v) is 1.08. The fourth-order valence-electron chi connectivity index (χ4n) is 1.08. The number of Topliss-reactive ketones (excluding diaryl/α,β-unsaturated/α-hetero) is 1. The smallest absolute Gasteiger partial charge is 0.280 e. The maximum Gasteiger partial charge on any atom is 0.280 e. The number of ketones is 1. The highest BCUT2D eigenvalue weighted by Gasteiger charge is 2.17. The van der Waals surface area contributed by atoms with E-state index in [0.29, 0.717) is 5.75 Å². The molecule has 0 N–H and O–H groups in total. The molecule has 0 aromatic heterocycles. The monoisotopic (exact) mass is 225 g/mol. The Hall–Kier alpha value is -1.91. The van der Waals surface area contributed by atoms with Gasteiger partial charge in [-0.1, -0.05) is 13.8 Å². The Labute approximate surface area is 94.2 Å². The Bertz CT molecular complexity index is 388. The van der Waals surface area contributed by atoms with Crippen molar-refractivity contribution in [2.75, 3.05) is 7.11 Å². The van der Waals surface area contributed by atoms with Crippen LogP contribution in [0.1, 0.15) is 31.1 Å². The van der Waals surface area contributed by atoms with Crippen LogP contribution in [0.4, 0.5) is 5.69 Å². The summed E-state index contributed by atoms with van der Waals surface area (Å²) in [5, 5.41) is 10.5. The molecule has 16 heavy (non-hydrogen) atoms. The van der Waals surface area contributed by atoms with Gasteiger partial charge in [0.05, 0.1) is 17.6 Å². The van der Waals surface area contributed by atoms with Crippen molar-refractivity contribution in [1.29, 1.82) is 0 Å². The minimum atomic E-state index is -0.587. The number of rotatable bonds is 3. The van der Waals surface area contributed by atoms with E-state index in [0.717, 1.165) is 0 Å². The largest absolute Gasteiger partial charge is 0.497 e. The van der Waals surface area contributed by atoms with E-state index in [1.807, 2.05) is 13.8 Å². The predicted octanol–water partition coefficient (Wildman–Crippen LogP) is 2.83. The molecule has 0 saturated carbocycles. The summed E-state index contributed by atoms with van der Waals surface area (Å²) >= 11 is 0. The molecule has 1 aromatic carbocycles. The number of ether oxygens (including phenoxy) is 1. The minimum absolute atomic E-state index is 0.0642. The van der Waals surface area contributed by atoms with Gasteiger partial charge in [-0.3, -0.25) is 14.9 Å². The van der Waals surface area contributed by atoms with Crippen molar-refractivity contribution in [2.45, 2.75) is 20.8 Å². The van der Waals surface area contributed by atoms with E-state index in [4.69, 9.17) is 4.74 Å². The number of methoxy groups -OCH3 is 1. The summed E-state index contributed by atoms with van der Waals surface area (Å²) in [5.41, 5.74) is -0.132. The molecule has 88 valence electrons. The highest BCUT2D eigenvalue weighted by atomic mass is 16.6. The highest BCUT2D eigenvalue weighted by molar-refractivity contribution is 5.98. The van der Waals surface area contributed by atoms with Crippen molar-refractivity contribution >= 4 is 11.5 Å².